The van der Waals surface area contributed by atoms with E-state index in [-0.39, 0.29) is 5.91 Å². The summed E-state index contributed by atoms with van der Waals surface area (Å²) < 4.78 is 0.873. The molecule has 1 amide bonds. The normalized spacial score (nSPS) is 10.8. The maximum absolute atomic E-state index is 12.3. The summed E-state index contributed by atoms with van der Waals surface area (Å²) in [6, 6.07) is 10.9. The van der Waals surface area contributed by atoms with Crippen molar-refractivity contribution in [3.8, 4) is 0 Å². The second-order valence-electron chi connectivity index (χ2n) is 5.12. The Morgan fingerprint density at radius 1 is 1.13 bits per heavy atom. The van der Waals surface area contributed by atoms with E-state index < -0.39 is 0 Å². The molecule has 0 spiro atoms. The van der Waals surface area contributed by atoms with Crippen molar-refractivity contribution in [1.29, 1.82) is 0 Å². The van der Waals surface area contributed by atoms with E-state index in [1.807, 2.05) is 37.2 Å². The summed E-state index contributed by atoms with van der Waals surface area (Å²) >= 11 is 13.5. The minimum absolute atomic E-state index is 0.211. The summed E-state index contributed by atoms with van der Waals surface area (Å²) in [5.41, 5.74) is 2.20. The van der Waals surface area contributed by atoms with E-state index in [0.29, 0.717) is 26.3 Å². The number of thiazole rings is 1. The van der Waals surface area contributed by atoms with Gasteiger partial charge in [0.25, 0.3) is 5.91 Å². The van der Waals surface area contributed by atoms with Crippen LogP contribution in [0, 0.1) is 0 Å². The van der Waals surface area contributed by atoms with E-state index in [2.05, 4.69) is 10.3 Å². The summed E-state index contributed by atoms with van der Waals surface area (Å²) in [5, 5.41) is 4.13. The molecule has 2 aromatic carbocycles. The molecule has 0 radical (unpaired) electrons. The Kier molecular flexibility index (Phi) is 4.43. The van der Waals surface area contributed by atoms with E-state index >= 15 is 0 Å². The maximum Gasteiger partial charge on any atom is 0.257 e. The van der Waals surface area contributed by atoms with Gasteiger partial charge in [-0.15, -0.1) is 0 Å². The maximum atomic E-state index is 12.3. The first-order chi connectivity index (χ1) is 11.0. The minimum Gasteiger partial charge on any atom is -0.378 e. The number of rotatable bonds is 3. The first-order valence-corrected chi connectivity index (χ1v) is 8.36. The molecule has 3 aromatic rings. The third-order valence-electron chi connectivity index (χ3n) is 3.32. The van der Waals surface area contributed by atoms with Crippen LogP contribution in [-0.2, 0) is 0 Å². The molecule has 0 unspecified atom stereocenters. The Hall–Kier alpha value is -1.82. The zero-order chi connectivity index (χ0) is 16.6. The van der Waals surface area contributed by atoms with Crippen molar-refractivity contribution in [3.05, 3.63) is 52.0 Å². The van der Waals surface area contributed by atoms with E-state index in [1.54, 1.807) is 18.2 Å². The monoisotopic (exact) mass is 365 g/mol. The molecular weight excluding hydrogens is 353 g/mol. The van der Waals surface area contributed by atoms with Crippen molar-refractivity contribution in [2.24, 2.45) is 0 Å². The fraction of sp³-hybridized carbons (Fsp3) is 0.125. The summed E-state index contributed by atoms with van der Waals surface area (Å²) in [5.74, 6) is -0.211. The zero-order valence-electron chi connectivity index (χ0n) is 12.4. The van der Waals surface area contributed by atoms with Gasteiger partial charge in [-0.25, -0.2) is 4.98 Å². The van der Waals surface area contributed by atoms with Crippen LogP contribution in [0.5, 0.6) is 0 Å². The second kappa shape index (κ2) is 6.35. The first-order valence-electron chi connectivity index (χ1n) is 6.79. The molecule has 1 aromatic heterocycles. The Morgan fingerprint density at radius 3 is 2.48 bits per heavy atom. The van der Waals surface area contributed by atoms with Crippen molar-refractivity contribution in [2.75, 3.05) is 24.3 Å². The molecule has 118 valence electrons. The lowest BCUT2D eigenvalue weighted by Gasteiger charge is -2.12. The van der Waals surface area contributed by atoms with Gasteiger partial charge in [0, 0.05) is 25.3 Å². The average molecular weight is 366 g/mol. The van der Waals surface area contributed by atoms with Gasteiger partial charge in [-0.05, 0) is 36.4 Å². The van der Waals surface area contributed by atoms with Crippen LogP contribution in [0.1, 0.15) is 10.4 Å². The first kappa shape index (κ1) is 16.1. The van der Waals surface area contributed by atoms with Crippen LogP contribution in [0.2, 0.25) is 10.0 Å². The number of carbonyl (C=O) groups is 1. The number of benzene rings is 2. The number of fused-ring (bicyclic) bond motifs is 1. The number of hydrogen-bond acceptors (Lipinski definition) is 4. The van der Waals surface area contributed by atoms with Crippen molar-refractivity contribution >= 4 is 61.5 Å². The van der Waals surface area contributed by atoms with Crippen molar-refractivity contribution < 1.29 is 4.79 Å². The largest absolute Gasteiger partial charge is 0.378 e. The SMILES string of the molecule is CN(C)c1ccc(C(=O)Nc2nc3c(Cl)c(Cl)ccc3s2)cc1. The molecule has 0 aliphatic rings. The van der Waals surface area contributed by atoms with E-state index in [1.165, 1.54) is 11.3 Å². The number of halogens is 2. The minimum atomic E-state index is -0.211. The highest BCUT2D eigenvalue weighted by Gasteiger charge is 2.13. The molecule has 0 atom stereocenters. The third kappa shape index (κ3) is 3.27. The van der Waals surface area contributed by atoms with Crippen molar-refractivity contribution in [1.82, 2.24) is 4.98 Å². The van der Waals surface area contributed by atoms with Crippen LogP contribution >= 0.6 is 34.5 Å². The highest BCUT2D eigenvalue weighted by molar-refractivity contribution is 7.22. The van der Waals surface area contributed by atoms with E-state index in [9.17, 15) is 4.79 Å². The second-order valence-corrected chi connectivity index (χ2v) is 6.94. The van der Waals surface area contributed by atoms with E-state index in [4.69, 9.17) is 23.2 Å². The topological polar surface area (TPSA) is 45.2 Å². The fourth-order valence-electron chi connectivity index (χ4n) is 2.07. The van der Waals surface area contributed by atoms with Gasteiger partial charge in [-0.3, -0.25) is 10.1 Å². The van der Waals surface area contributed by atoms with Gasteiger partial charge >= 0.3 is 0 Å². The Bertz CT molecular complexity index is 875. The molecule has 0 aliphatic heterocycles. The molecule has 0 saturated carbocycles. The molecule has 1 N–H and O–H groups in total. The van der Waals surface area contributed by atoms with Crippen LogP contribution in [0.15, 0.2) is 36.4 Å². The third-order valence-corrected chi connectivity index (χ3v) is 5.05. The molecular formula is C16H13Cl2N3OS. The van der Waals surface area contributed by atoms with Gasteiger partial charge in [0.2, 0.25) is 0 Å². The Labute approximate surface area is 147 Å². The molecule has 0 aliphatic carbocycles. The molecule has 0 bridgehead atoms. The quantitative estimate of drug-likeness (QED) is 0.716. The van der Waals surface area contributed by atoms with E-state index in [0.717, 1.165) is 10.4 Å². The number of hydrogen-bond donors (Lipinski definition) is 1. The van der Waals surface area contributed by atoms with Gasteiger partial charge in [0.1, 0.15) is 5.52 Å². The predicted octanol–water partition coefficient (Wildman–Crippen LogP) is 4.92. The Balaban J connectivity index is 1.84. The van der Waals surface area contributed by atoms with Crippen LogP contribution in [0.3, 0.4) is 0 Å². The Morgan fingerprint density at radius 2 is 1.83 bits per heavy atom. The summed E-state index contributed by atoms with van der Waals surface area (Å²) in [6.45, 7) is 0. The summed E-state index contributed by atoms with van der Waals surface area (Å²) in [6.07, 6.45) is 0. The lowest BCUT2D eigenvalue weighted by Crippen LogP contribution is -2.13. The average Bonchev–Trinajstić information content (AvgIpc) is 2.94. The summed E-state index contributed by atoms with van der Waals surface area (Å²) in [4.78, 5) is 18.6. The standard InChI is InChI=1S/C16H13Cl2N3OS/c1-21(2)10-5-3-9(4-6-10)15(22)20-16-19-14-12(23-16)8-7-11(17)13(14)18/h3-8H,1-2H3,(H,19,20,22). The molecule has 4 nitrogen and oxygen atoms in total. The van der Waals surface area contributed by atoms with Crippen LogP contribution in [-0.4, -0.2) is 25.0 Å². The lowest BCUT2D eigenvalue weighted by molar-refractivity contribution is 0.102. The highest BCUT2D eigenvalue weighted by Crippen LogP contribution is 2.35. The highest BCUT2D eigenvalue weighted by atomic mass is 35.5. The molecule has 1 heterocycles. The molecule has 7 heteroatoms. The number of aromatic nitrogens is 1. The fourth-order valence-corrected chi connectivity index (χ4v) is 3.36. The predicted molar refractivity (Wildman–Crippen MR) is 98.4 cm³/mol. The van der Waals surface area contributed by atoms with Crippen molar-refractivity contribution in [2.45, 2.75) is 0 Å². The smallest absolute Gasteiger partial charge is 0.257 e. The number of carbonyl (C=O) groups excluding carboxylic acids is 1. The number of amides is 1. The van der Waals surface area contributed by atoms with Gasteiger partial charge in [-0.2, -0.15) is 0 Å². The molecule has 0 saturated heterocycles. The number of nitrogens with one attached hydrogen (secondary N) is 1. The van der Waals surface area contributed by atoms with Gasteiger partial charge < -0.3 is 4.90 Å². The van der Waals surface area contributed by atoms with Crippen LogP contribution in [0.4, 0.5) is 10.8 Å². The lowest BCUT2D eigenvalue weighted by atomic mass is 10.2. The van der Waals surface area contributed by atoms with Gasteiger partial charge in [0.15, 0.2) is 5.13 Å². The van der Waals surface area contributed by atoms with Crippen LogP contribution < -0.4 is 10.2 Å². The molecule has 0 fully saturated rings. The van der Waals surface area contributed by atoms with Gasteiger partial charge in [-0.1, -0.05) is 34.5 Å². The number of anilines is 2. The van der Waals surface area contributed by atoms with Gasteiger partial charge in [0.05, 0.1) is 14.7 Å². The molecule has 3 rings (SSSR count). The van der Waals surface area contributed by atoms with Crippen LogP contribution in [0.25, 0.3) is 10.2 Å². The number of nitrogens with zero attached hydrogens (tertiary/aromatic N) is 2. The molecule has 23 heavy (non-hydrogen) atoms. The summed E-state index contributed by atoms with van der Waals surface area (Å²) in [7, 11) is 3.90. The van der Waals surface area contributed by atoms with Crippen molar-refractivity contribution in [3.63, 3.8) is 0 Å². The zero-order valence-corrected chi connectivity index (χ0v) is 14.8.